The maximum atomic E-state index is 12.2. The number of hydrogen-bond acceptors (Lipinski definition) is 3. The van der Waals surface area contributed by atoms with E-state index in [0.717, 1.165) is 25.9 Å². The van der Waals surface area contributed by atoms with Gasteiger partial charge in [0.15, 0.2) is 0 Å². The van der Waals surface area contributed by atoms with Crippen LogP contribution < -0.4 is 0 Å². The lowest BCUT2D eigenvalue weighted by molar-refractivity contribution is -0.154. The molecule has 0 aromatic rings. The Hall–Kier alpha value is -1.10. The molecular formula is C12H20N2O3. The lowest BCUT2D eigenvalue weighted by Gasteiger charge is -2.36. The van der Waals surface area contributed by atoms with Crippen LogP contribution in [0.3, 0.4) is 0 Å². The third-order valence-electron chi connectivity index (χ3n) is 4.12. The molecular weight excluding hydrogens is 220 g/mol. The van der Waals surface area contributed by atoms with Crippen molar-refractivity contribution in [2.75, 3.05) is 27.2 Å². The second-order valence-corrected chi connectivity index (χ2v) is 5.34. The van der Waals surface area contributed by atoms with Gasteiger partial charge in [0.2, 0.25) is 5.91 Å². The summed E-state index contributed by atoms with van der Waals surface area (Å²) in [6, 6.07) is 0.204. The lowest BCUT2D eigenvalue weighted by atomic mass is 10.00. The van der Waals surface area contributed by atoms with Gasteiger partial charge < -0.3 is 14.9 Å². The van der Waals surface area contributed by atoms with Crippen molar-refractivity contribution in [2.45, 2.75) is 31.7 Å². The second kappa shape index (κ2) is 4.29. The molecule has 0 atom stereocenters. The molecule has 1 N–H and O–H groups in total. The topological polar surface area (TPSA) is 60.9 Å². The van der Waals surface area contributed by atoms with Gasteiger partial charge in [-0.25, -0.2) is 0 Å². The van der Waals surface area contributed by atoms with Crippen LogP contribution in [0.4, 0.5) is 0 Å². The monoisotopic (exact) mass is 240 g/mol. The number of carboxylic acid groups (broad SMARTS) is 1. The fourth-order valence-electron chi connectivity index (χ4n) is 2.53. The van der Waals surface area contributed by atoms with E-state index >= 15 is 0 Å². The number of rotatable bonds is 3. The molecule has 0 bridgehead atoms. The normalized spacial score (nSPS) is 24.4. The number of hydrogen-bond donors (Lipinski definition) is 1. The van der Waals surface area contributed by atoms with E-state index < -0.39 is 11.4 Å². The summed E-state index contributed by atoms with van der Waals surface area (Å²) in [5.74, 6) is -1.15. The molecule has 1 saturated heterocycles. The number of piperidine rings is 1. The van der Waals surface area contributed by atoms with Crippen LogP contribution >= 0.6 is 0 Å². The molecule has 5 heteroatoms. The first-order valence-electron chi connectivity index (χ1n) is 6.16. The zero-order valence-corrected chi connectivity index (χ0v) is 10.5. The van der Waals surface area contributed by atoms with Gasteiger partial charge in [-0.2, -0.15) is 0 Å². The highest BCUT2D eigenvalue weighted by atomic mass is 16.4. The van der Waals surface area contributed by atoms with E-state index in [0.29, 0.717) is 12.8 Å². The predicted molar refractivity (Wildman–Crippen MR) is 62.6 cm³/mol. The van der Waals surface area contributed by atoms with Crippen LogP contribution in [0.2, 0.25) is 0 Å². The minimum Gasteiger partial charge on any atom is -0.480 e. The van der Waals surface area contributed by atoms with Gasteiger partial charge in [0, 0.05) is 13.1 Å². The molecule has 1 aliphatic carbocycles. The molecule has 96 valence electrons. The summed E-state index contributed by atoms with van der Waals surface area (Å²) in [7, 11) is 3.82. The van der Waals surface area contributed by atoms with Crippen LogP contribution in [-0.4, -0.2) is 60.0 Å². The van der Waals surface area contributed by atoms with Crippen LogP contribution in [0.1, 0.15) is 25.7 Å². The fourth-order valence-corrected chi connectivity index (χ4v) is 2.53. The van der Waals surface area contributed by atoms with Crippen LogP contribution in [0.25, 0.3) is 0 Å². The Bertz CT molecular complexity index is 331. The van der Waals surface area contributed by atoms with E-state index in [-0.39, 0.29) is 11.9 Å². The maximum Gasteiger partial charge on any atom is 0.319 e. The average Bonchev–Trinajstić information content (AvgIpc) is 3.09. The second-order valence-electron chi connectivity index (χ2n) is 5.34. The van der Waals surface area contributed by atoms with Gasteiger partial charge in [0.1, 0.15) is 5.41 Å². The van der Waals surface area contributed by atoms with Crippen molar-refractivity contribution in [3.8, 4) is 0 Å². The van der Waals surface area contributed by atoms with Crippen molar-refractivity contribution in [1.29, 1.82) is 0 Å². The van der Waals surface area contributed by atoms with Crippen LogP contribution in [0.5, 0.6) is 0 Å². The van der Waals surface area contributed by atoms with E-state index in [1.165, 1.54) is 0 Å². The number of carboxylic acids is 1. The SMILES string of the molecule is CN1CCC(N(C)C(=O)C2(C(=O)O)CC2)CC1. The Labute approximate surface area is 101 Å². The molecule has 2 fully saturated rings. The minimum absolute atomic E-state index is 0.195. The van der Waals surface area contributed by atoms with Gasteiger partial charge in [-0.05, 0) is 45.8 Å². The maximum absolute atomic E-state index is 12.2. The van der Waals surface area contributed by atoms with Crippen molar-refractivity contribution in [3.63, 3.8) is 0 Å². The third-order valence-corrected chi connectivity index (χ3v) is 4.12. The van der Waals surface area contributed by atoms with E-state index in [1.54, 1.807) is 11.9 Å². The van der Waals surface area contributed by atoms with Gasteiger partial charge in [-0.3, -0.25) is 9.59 Å². The van der Waals surface area contributed by atoms with Crippen LogP contribution in [0.15, 0.2) is 0 Å². The van der Waals surface area contributed by atoms with Gasteiger partial charge in [0.05, 0.1) is 0 Å². The molecule has 1 aliphatic heterocycles. The molecule has 0 aromatic heterocycles. The highest BCUT2D eigenvalue weighted by molar-refractivity contribution is 6.04. The molecule has 5 nitrogen and oxygen atoms in total. The first-order chi connectivity index (χ1) is 7.97. The fraction of sp³-hybridized carbons (Fsp3) is 0.833. The predicted octanol–water partition coefficient (Wildman–Crippen LogP) is 0.404. The van der Waals surface area contributed by atoms with Crippen molar-refractivity contribution >= 4 is 11.9 Å². The van der Waals surface area contributed by atoms with E-state index in [4.69, 9.17) is 5.11 Å². The number of likely N-dealkylation sites (tertiary alicyclic amines) is 1. The molecule has 1 amide bonds. The first-order valence-corrected chi connectivity index (χ1v) is 6.16. The summed E-state index contributed by atoms with van der Waals surface area (Å²) < 4.78 is 0. The Kier molecular flexibility index (Phi) is 3.12. The van der Waals surface area contributed by atoms with Crippen molar-refractivity contribution in [1.82, 2.24) is 9.80 Å². The zero-order chi connectivity index (χ0) is 12.6. The molecule has 2 aliphatic rings. The van der Waals surface area contributed by atoms with Crippen molar-refractivity contribution in [2.24, 2.45) is 5.41 Å². The summed E-state index contributed by atoms with van der Waals surface area (Å²) in [6.45, 7) is 1.95. The summed E-state index contributed by atoms with van der Waals surface area (Å²) >= 11 is 0. The molecule has 0 aromatic carbocycles. The average molecular weight is 240 g/mol. The van der Waals surface area contributed by atoms with Gasteiger partial charge >= 0.3 is 5.97 Å². The number of carbonyl (C=O) groups is 2. The lowest BCUT2D eigenvalue weighted by Crippen LogP contribution is -2.48. The van der Waals surface area contributed by atoms with Gasteiger partial charge in [-0.15, -0.1) is 0 Å². The number of amides is 1. The summed E-state index contributed by atoms with van der Waals surface area (Å²) in [5.41, 5.74) is -1.09. The minimum atomic E-state index is -1.09. The summed E-state index contributed by atoms with van der Waals surface area (Å²) in [6.07, 6.45) is 2.87. The quantitative estimate of drug-likeness (QED) is 0.726. The molecule has 0 radical (unpaired) electrons. The summed E-state index contributed by atoms with van der Waals surface area (Å²) in [4.78, 5) is 27.2. The highest BCUT2D eigenvalue weighted by Crippen LogP contribution is 2.47. The van der Waals surface area contributed by atoms with Crippen LogP contribution in [-0.2, 0) is 9.59 Å². The smallest absolute Gasteiger partial charge is 0.319 e. The number of carbonyl (C=O) groups excluding carboxylic acids is 1. The van der Waals surface area contributed by atoms with E-state index in [9.17, 15) is 9.59 Å². The number of nitrogens with zero attached hydrogens (tertiary/aromatic N) is 2. The van der Waals surface area contributed by atoms with Gasteiger partial charge in [-0.1, -0.05) is 0 Å². The Morgan fingerprint density at radius 1 is 1.29 bits per heavy atom. The third kappa shape index (κ3) is 2.16. The molecule has 0 unspecified atom stereocenters. The standard InChI is InChI=1S/C12H20N2O3/c1-13-7-3-9(4-8-13)14(2)10(15)12(5-6-12)11(16)17/h9H,3-8H2,1-2H3,(H,16,17). The van der Waals surface area contributed by atoms with E-state index in [1.807, 2.05) is 0 Å². The molecule has 1 saturated carbocycles. The molecule has 17 heavy (non-hydrogen) atoms. The zero-order valence-electron chi connectivity index (χ0n) is 10.5. The highest BCUT2D eigenvalue weighted by Gasteiger charge is 2.58. The number of aliphatic carboxylic acids is 1. The van der Waals surface area contributed by atoms with Crippen molar-refractivity contribution < 1.29 is 14.7 Å². The molecule has 0 spiro atoms. The first kappa shape index (κ1) is 12.4. The Morgan fingerprint density at radius 2 is 1.82 bits per heavy atom. The Balaban J connectivity index is 1.98. The van der Waals surface area contributed by atoms with Crippen molar-refractivity contribution in [3.05, 3.63) is 0 Å². The van der Waals surface area contributed by atoms with Gasteiger partial charge in [0.25, 0.3) is 0 Å². The van der Waals surface area contributed by atoms with Crippen LogP contribution in [0, 0.1) is 5.41 Å². The Morgan fingerprint density at radius 3 is 2.24 bits per heavy atom. The van der Waals surface area contributed by atoms with E-state index in [2.05, 4.69) is 11.9 Å². The molecule has 2 rings (SSSR count). The summed E-state index contributed by atoms with van der Waals surface area (Å²) in [5, 5.41) is 9.11. The largest absolute Gasteiger partial charge is 0.480 e. The molecule has 1 heterocycles.